The van der Waals surface area contributed by atoms with Crippen molar-refractivity contribution in [2.75, 3.05) is 5.32 Å². The highest BCUT2D eigenvalue weighted by molar-refractivity contribution is 7.80. The van der Waals surface area contributed by atoms with Gasteiger partial charge in [-0.1, -0.05) is 29.8 Å². The molecule has 0 saturated carbocycles. The fourth-order valence-electron chi connectivity index (χ4n) is 2.59. The van der Waals surface area contributed by atoms with Crippen LogP contribution < -0.4 is 10.6 Å². The molecule has 0 aliphatic heterocycles. The monoisotopic (exact) mass is 406 g/mol. The zero-order valence-corrected chi connectivity index (χ0v) is 16.6. The van der Waals surface area contributed by atoms with Crippen LogP contribution in [0.3, 0.4) is 0 Å². The van der Waals surface area contributed by atoms with Gasteiger partial charge in [0.1, 0.15) is 10.8 Å². The Labute approximate surface area is 167 Å². The zero-order valence-electron chi connectivity index (χ0n) is 15.0. The van der Waals surface area contributed by atoms with Crippen molar-refractivity contribution in [3.8, 4) is 0 Å². The molecule has 2 heterocycles. The van der Waals surface area contributed by atoms with Crippen LogP contribution >= 0.6 is 23.8 Å². The minimum atomic E-state index is -0.279. The lowest BCUT2D eigenvalue weighted by molar-refractivity contribution is 0.586. The van der Waals surface area contributed by atoms with Crippen LogP contribution in [0.1, 0.15) is 23.7 Å². The fraction of sp³-hybridized carbons (Fsp3) is 0.278. The Balaban J connectivity index is 1.60. The number of anilines is 1. The number of aromatic nitrogens is 4. The van der Waals surface area contributed by atoms with Crippen molar-refractivity contribution < 1.29 is 4.39 Å². The van der Waals surface area contributed by atoms with Crippen LogP contribution in [0, 0.1) is 12.7 Å². The third-order valence-corrected chi connectivity index (χ3v) is 4.57. The molecule has 0 saturated heterocycles. The predicted octanol–water partition coefficient (Wildman–Crippen LogP) is 3.74. The molecule has 0 amide bonds. The Kier molecular flexibility index (Phi) is 6.08. The smallest absolute Gasteiger partial charge is 0.173 e. The van der Waals surface area contributed by atoms with E-state index in [0.717, 1.165) is 17.8 Å². The number of hydrogen-bond acceptors (Lipinski definition) is 3. The molecule has 0 unspecified atom stereocenters. The first-order valence-corrected chi connectivity index (χ1v) is 9.29. The first-order valence-electron chi connectivity index (χ1n) is 8.50. The maximum Gasteiger partial charge on any atom is 0.173 e. The van der Waals surface area contributed by atoms with Gasteiger partial charge in [0.05, 0.1) is 12.2 Å². The lowest BCUT2D eigenvalue weighted by atomic mass is 10.2. The molecular weight excluding hydrogens is 387 g/mol. The fourth-order valence-corrected chi connectivity index (χ4v) is 2.95. The molecule has 0 fully saturated rings. The summed E-state index contributed by atoms with van der Waals surface area (Å²) < 4.78 is 17.2. The summed E-state index contributed by atoms with van der Waals surface area (Å²) in [6.07, 6.45) is 3.62. The van der Waals surface area contributed by atoms with Crippen molar-refractivity contribution in [1.82, 2.24) is 24.9 Å². The molecule has 27 heavy (non-hydrogen) atoms. The normalized spacial score (nSPS) is 10.8. The molecule has 6 nitrogen and oxygen atoms in total. The number of nitrogens with zero attached hydrogens (tertiary/aromatic N) is 4. The van der Waals surface area contributed by atoms with E-state index in [1.54, 1.807) is 29.1 Å². The highest BCUT2D eigenvalue weighted by Crippen LogP contribution is 2.20. The molecule has 0 aliphatic carbocycles. The number of benzene rings is 1. The van der Waals surface area contributed by atoms with Crippen molar-refractivity contribution in [3.63, 3.8) is 0 Å². The van der Waals surface area contributed by atoms with Gasteiger partial charge in [0.15, 0.2) is 10.9 Å². The number of nitrogens with one attached hydrogen (secondary N) is 2. The number of thiocarbonyl (C=S) groups is 1. The van der Waals surface area contributed by atoms with E-state index in [0.29, 0.717) is 28.1 Å². The molecule has 0 aliphatic rings. The lowest BCUT2D eigenvalue weighted by Crippen LogP contribution is -2.28. The molecule has 3 aromatic rings. The molecule has 0 radical (unpaired) electrons. The second kappa shape index (κ2) is 8.49. The summed E-state index contributed by atoms with van der Waals surface area (Å²) in [5.41, 5.74) is 2.56. The van der Waals surface area contributed by atoms with Gasteiger partial charge in [-0.3, -0.25) is 9.36 Å². The minimum Gasteiger partial charge on any atom is -0.358 e. The van der Waals surface area contributed by atoms with Gasteiger partial charge in [-0.15, -0.1) is 0 Å². The molecular formula is C18H20ClFN6S. The van der Waals surface area contributed by atoms with Crippen molar-refractivity contribution >= 4 is 34.7 Å². The minimum absolute atomic E-state index is 0.279. The summed E-state index contributed by atoms with van der Waals surface area (Å²) in [5, 5.41) is 15.6. The van der Waals surface area contributed by atoms with E-state index in [4.69, 9.17) is 23.8 Å². The Morgan fingerprint density at radius 3 is 2.67 bits per heavy atom. The average molecular weight is 407 g/mol. The SMILES string of the molecule is CCn1cc(CNC(=S)Nc2nn(Cc3ccccc3F)cc2Cl)c(C)n1. The van der Waals surface area contributed by atoms with E-state index in [1.165, 1.54) is 6.07 Å². The summed E-state index contributed by atoms with van der Waals surface area (Å²) in [7, 11) is 0. The number of hydrogen-bond donors (Lipinski definition) is 2. The standard InChI is InChI=1S/C18H20ClFN6S/c1-3-25-10-14(12(2)23-25)8-21-18(27)22-17-15(19)11-26(24-17)9-13-6-4-5-7-16(13)20/h4-7,10-11H,3,8-9H2,1-2H3,(H2,21,22,24,27). The van der Waals surface area contributed by atoms with Crippen molar-refractivity contribution in [2.24, 2.45) is 0 Å². The van der Waals surface area contributed by atoms with Gasteiger partial charge < -0.3 is 10.6 Å². The quantitative estimate of drug-likeness (QED) is 0.611. The largest absolute Gasteiger partial charge is 0.358 e. The molecule has 0 spiro atoms. The number of aryl methyl sites for hydroxylation is 2. The second-order valence-corrected chi connectivity index (χ2v) is 6.83. The van der Waals surface area contributed by atoms with Crippen molar-refractivity contribution in [2.45, 2.75) is 33.5 Å². The molecule has 2 N–H and O–H groups in total. The summed E-state index contributed by atoms with van der Waals surface area (Å²) >= 11 is 11.5. The van der Waals surface area contributed by atoms with Gasteiger partial charge in [-0.25, -0.2) is 4.39 Å². The van der Waals surface area contributed by atoms with E-state index < -0.39 is 0 Å². The number of halogens is 2. The lowest BCUT2D eigenvalue weighted by Gasteiger charge is -2.08. The van der Waals surface area contributed by atoms with Crippen LogP contribution in [-0.4, -0.2) is 24.7 Å². The topological polar surface area (TPSA) is 59.7 Å². The van der Waals surface area contributed by atoms with Gasteiger partial charge in [-0.2, -0.15) is 10.2 Å². The van der Waals surface area contributed by atoms with Crippen LogP contribution in [0.15, 0.2) is 36.7 Å². The molecule has 0 bridgehead atoms. The Hall–Kier alpha value is -2.45. The Bertz CT molecular complexity index is 951. The zero-order chi connectivity index (χ0) is 19.4. The van der Waals surface area contributed by atoms with Gasteiger partial charge in [0, 0.05) is 36.6 Å². The first-order chi connectivity index (χ1) is 13.0. The van der Waals surface area contributed by atoms with E-state index in [1.807, 2.05) is 24.7 Å². The maximum absolute atomic E-state index is 13.8. The Morgan fingerprint density at radius 1 is 1.19 bits per heavy atom. The van der Waals surface area contributed by atoms with Crippen LogP contribution in [-0.2, 0) is 19.6 Å². The third-order valence-electron chi connectivity index (χ3n) is 4.05. The molecule has 9 heteroatoms. The molecule has 142 valence electrons. The van der Waals surface area contributed by atoms with Crippen molar-refractivity contribution in [3.05, 3.63) is 64.3 Å². The summed E-state index contributed by atoms with van der Waals surface area (Å²) in [6, 6.07) is 6.56. The van der Waals surface area contributed by atoms with Gasteiger partial charge in [0.25, 0.3) is 0 Å². The Morgan fingerprint density at radius 2 is 1.96 bits per heavy atom. The second-order valence-electron chi connectivity index (χ2n) is 6.02. The predicted molar refractivity (Wildman–Crippen MR) is 108 cm³/mol. The van der Waals surface area contributed by atoms with Gasteiger partial charge in [-0.05, 0) is 32.1 Å². The van der Waals surface area contributed by atoms with Crippen molar-refractivity contribution in [1.29, 1.82) is 0 Å². The molecule has 0 atom stereocenters. The highest BCUT2D eigenvalue weighted by Gasteiger charge is 2.11. The van der Waals surface area contributed by atoms with Crippen LogP contribution in [0.5, 0.6) is 0 Å². The highest BCUT2D eigenvalue weighted by atomic mass is 35.5. The third kappa shape index (κ3) is 4.84. The summed E-state index contributed by atoms with van der Waals surface area (Å²) in [6.45, 7) is 5.64. The molecule has 2 aromatic heterocycles. The van der Waals surface area contributed by atoms with E-state index in [9.17, 15) is 4.39 Å². The van der Waals surface area contributed by atoms with Crippen LogP contribution in [0.2, 0.25) is 5.02 Å². The van der Waals surface area contributed by atoms with E-state index in [2.05, 4.69) is 20.8 Å². The van der Waals surface area contributed by atoms with Gasteiger partial charge in [0.2, 0.25) is 0 Å². The van der Waals surface area contributed by atoms with E-state index in [-0.39, 0.29) is 12.4 Å². The van der Waals surface area contributed by atoms with Gasteiger partial charge >= 0.3 is 0 Å². The summed E-state index contributed by atoms with van der Waals surface area (Å²) in [5.74, 6) is 0.144. The van der Waals surface area contributed by atoms with Crippen LogP contribution in [0.25, 0.3) is 0 Å². The number of rotatable bonds is 6. The molecule has 1 aromatic carbocycles. The van der Waals surface area contributed by atoms with E-state index >= 15 is 0 Å². The summed E-state index contributed by atoms with van der Waals surface area (Å²) in [4.78, 5) is 0. The average Bonchev–Trinajstić information content (AvgIpc) is 3.17. The first kappa shape index (κ1) is 19.3. The molecule has 3 rings (SSSR count). The van der Waals surface area contributed by atoms with Crippen LogP contribution in [0.4, 0.5) is 10.2 Å². The maximum atomic E-state index is 13.8.